The van der Waals surface area contributed by atoms with Crippen LogP contribution >= 0.6 is 0 Å². The number of benzene rings is 1. The normalized spacial score (nSPS) is 23.2. The predicted octanol–water partition coefficient (Wildman–Crippen LogP) is 4.06. The van der Waals surface area contributed by atoms with Gasteiger partial charge in [0.1, 0.15) is 23.9 Å². The van der Waals surface area contributed by atoms with Crippen LogP contribution in [0.25, 0.3) is 10.9 Å². The van der Waals surface area contributed by atoms with E-state index in [1.165, 1.54) is 4.90 Å². The number of piperidine rings is 1. The zero-order chi connectivity index (χ0) is 34.1. The van der Waals surface area contributed by atoms with E-state index in [0.717, 1.165) is 24.8 Å². The molecule has 2 saturated heterocycles. The number of hydrogen-bond acceptors (Lipinski definition) is 6. The summed E-state index contributed by atoms with van der Waals surface area (Å²) in [6.07, 6.45) is 8.14. The number of ketones is 2. The maximum atomic E-state index is 14.3. The fourth-order valence-corrected chi connectivity index (χ4v) is 6.64. The Morgan fingerprint density at radius 1 is 0.915 bits per heavy atom. The van der Waals surface area contributed by atoms with E-state index in [2.05, 4.69) is 16.0 Å². The molecule has 11 nitrogen and oxygen atoms in total. The van der Waals surface area contributed by atoms with E-state index >= 15 is 0 Å². The fraction of sp³-hybridized carbons (Fsp3) is 0.611. The van der Waals surface area contributed by atoms with Crippen molar-refractivity contribution in [1.82, 2.24) is 25.4 Å². The van der Waals surface area contributed by atoms with E-state index in [-0.39, 0.29) is 24.0 Å². The number of unbranched alkanes of at least 4 members (excludes halogenated alkanes) is 2. The Morgan fingerprint density at radius 3 is 2.40 bits per heavy atom. The molecule has 47 heavy (non-hydrogen) atoms. The van der Waals surface area contributed by atoms with Crippen molar-refractivity contribution in [2.24, 2.45) is 5.92 Å². The highest BCUT2D eigenvalue weighted by Gasteiger charge is 2.42. The summed E-state index contributed by atoms with van der Waals surface area (Å²) in [5, 5.41) is 9.07. The van der Waals surface area contributed by atoms with Gasteiger partial charge in [0.2, 0.25) is 17.7 Å². The quantitative estimate of drug-likeness (QED) is 0.170. The number of aromatic nitrogens is 1. The van der Waals surface area contributed by atoms with Crippen molar-refractivity contribution < 1.29 is 28.8 Å². The molecule has 2 aliphatic rings. The minimum absolute atomic E-state index is 0.174. The topological polar surface area (TPSA) is 147 Å². The van der Waals surface area contributed by atoms with Crippen molar-refractivity contribution in [2.75, 3.05) is 6.54 Å². The van der Waals surface area contributed by atoms with Crippen molar-refractivity contribution in [3.63, 3.8) is 0 Å². The first-order valence-corrected chi connectivity index (χ1v) is 17.5. The van der Waals surface area contributed by atoms with Gasteiger partial charge in [0, 0.05) is 48.6 Å². The Morgan fingerprint density at radius 2 is 1.68 bits per heavy atom. The van der Waals surface area contributed by atoms with Crippen molar-refractivity contribution in [3.05, 3.63) is 36.0 Å². The number of hydrogen-bond donors (Lipinski definition) is 3. The molecule has 1 aromatic carbocycles. The molecule has 256 valence electrons. The summed E-state index contributed by atoms with van der Waals surface area (Å²) in [6.45, 7) is 8.65. The van der Waals surface area contributed by atoms with Crippen molar-refractivity contribution in [3.8, 4) is 0 Å². The highest BCUT2D eigenvalue weighted by Crippen LogP contribution is 2.25. The molecule has 0 radical (unpaired) electrons. The zero-order valence-electron chi connectivity index (χ0n) is 28.3. The first kappa shape index (κ1) is 35.8. The SMILES string of the molecule is CCCn1cc(C(=O)[C@@H]2NC(=O)[C@H](CCCCCC(=O)CC)NC(=O)[C@H]3CCCCN3C(=O)[C@H]([C@@H](C)CC)NC2=O)c2ccccc21. The number of para-hydroxylation sites is 1. The molecule has 5 atom stereocenters. The van der Waals surface area contributed by atoms with Gasteiger partial charge in [-0.25, -0.2) is 0 Å². The third-order valence-corrected chi connectivity index (χ3v) is 9.67. The lowest BCUT2D eigenvalue weighted by atomic mass is 9.93. The van der Waals surface area contributed by atoms with Crippen molar-refractivity contribution in [1.29, 1.82) is 0 Å². The van der Waals surface area contributed by atoms with Gasteiger partial charge in [-0.3, -0.25) is 28.8 Å². The molecule has 11 heteroatoms. The number of rotatable bonds is 13. The first-order valence-electron chi connectivity index (χ1n) is 17.5. The molecule has 0 aliphatic carbocycles. The molecule has 4 amide bonds. The van der Waals surface area contributed by atoms with Gasteiger partial charge < -0.3 is 25.4 Å². The minimum Gasteiger partial charge on any atom is -0.347 e. The second kappa shape index (κ2) is 16.7. The maximum absolute atomic E-state index is 14.3. The molecule has 2 aliphatic heterocycles. The fourth-order valence-electron chi connectivity index (χ4n) is 6.64. The zero-order valence-corrected chi connectivity index (χ0v) is 28.3. The Kier molecular flexibility index (Phi) is 12.7. The number of nitrogens with one attached hydrogen (secondary N) is 3. The van der Waals surface area contributed by atoms with E-state index in [1.54, 1.807) is 6.20 Å². The van der Waals surface area contributed by atoms with Crippen molar-refractivity contribution >= 4 is 46.1 Å². The Labute approximate surface area is 277 Å². The van der Waals surface area contributed by atoms with E-state index in [9.17, 15) is 28.8 Å². The lowest BCUT2D eigenvalue weighted by Gasteiger charge is -2.39. The number of amides is 4. The second-order valence-corrected chi connectivity index (χ2v) is 13.0. The van der Waals surface area contributed by atoms with E-state index in [4.69, 9.17) is 0 Å². The van der Waals surface area contributed by atoms with Crippen LogP contribution in [-0.4, -0.2) is 75.4 Å². The van der Waals surface area contributed by atoms with Gasteiger partial charge in [0.15, 0.2) is 11.8 Å². The van der Waals surface area contributed by atoms with Gasteiger partial charge in [-0.2, -0.15) is 0 Å². The summed E-state index contributed by atoms with van der Waals surface area (Å²) >= 11 is 0. The van der Waals surface area contributed by atoms with Crippen LogP contribution in [0.1, 0.15) is 109 Å². The molecule has 0 saturated carbocycles. The van der Waals surface area contributed by atoms with Crippen LogP contribution in [0.2, 0.25) is 0 Å². The first-order chi connectivity index (χ1) is 22.6. The number of nitrogens with zero attached hydrogens (tertiary/aromatic N) is 2. The van der Waals surface area contributed by atoms with Crippen LogP contribution in [0.4, 0.5) is 0 Å². The molecule has 3 N–H and O–H groups in total. The molecule has 0 unspecified atom stereocenters. The molecular formula is C36H51N5O6. The molecule has 2 fully saturated rings. The van der Waals surface area contributed by atoms with Gasteiger partial charge in [0.05, 0.1) is 0 Å². The number of Topliss-reactive ketones (excluding diaryl/α,β-unsaturated/α-hetero) is 2. The Balaban J connectivity index is 1.72. The molecule has 0 spiro atoms. The summed E-state index contributed by atoms with van der Waals surface area (Å²) in [5.74, 6) is -2.87. The van der Waals surface area contributed by atoms with E-state index < -0.39 is 47.7 Å². The maximum Gasteiger partial charge on any atom is 0.251 e. The standard InChI is InChI=1S/C36H51N5O6/c1-5-20-40-22-26(25-16-11-12-18-28(25)40)32(43)31-35(46)38-30(23(4)6-2)36(47)41-21-14-13-19-29(41)34(45)37-27(33(44)39-31)17-10-8-9-15-24(42)7-3/h11-12,16,18,22-23,27,29-31H,5-10,13-15,17,19-21H2,1-4H3,(H,37,45)(H,38,46)(H,39,44)/t23-,27-,29+,30-,31-/m0/s1. The van der Waals surface area contributed by atoms with Gasteiger partial charge >= 0.3 is 0 Å². The van der Waals surface area contributed by atoms with Crippen molar-refractivity contribution in [2.45, 2.75) is 129 Å². The van der Waals surface area contributed by atoms with E-state index in [0.29, 0.717) is 69.0 Å². The smallest absolute Gasteiger partial charge is 0.251 e. The molecule has 0 bridgehead atoms. The van der Waals surface area contributed by atoms with Crippen LogP contribution < -0.4 is 16.0 Å². The second-order valence-electron chi connectivity index (χ2n) is 13.0. The number of carbonyl (C=O) groups is 6. The summed E-state index contributed by atoms with van der Waals surface area (Å²) in [7, 11) is 0. The highest BCUT2D eigenvalue weighted by atomic mass is 16.2. The molecular weight excluding hydrogens is 598 g/mol. The van der Waals surface area contributed by atoms with Gasteiger partial charge in [-0.15, -0.1) is 0 Å². The summed E-state index contributed by atoms with van der Waals surface area (Å²) in [5.41, 5.74) is 1.14. The number of fused-ring (bicyclic) bond motifs is 2. The summed E-state index contributed by atoms with van der Waals surface area (Å²) < 4.78 is 1.96. The van der Waals surface area contributed by atoms with Crippen LogP contribution in [-0.2, 0) is 30.5 Å². The largest absolute Gasteiger partial charge is 0.347 e. The summed E-state index contributed by atoms with van der Waals surface area (Å²) in [4.78, 5) is 83.5. The van der Waals surface area contributed by atoms with E-state index in [1.807, 2.05) is 56.5 Å². The third-order valence-electron chi connectivity index (χ3n) is 9.67. The molecule has 1 aromatic heterocycles. The van der Waals surface area contributed by atoms with Crippen LogP contribution in [0, 0.1) is 5.92 Å². The van der Waals surface area contributed by atoms with Gasteiger partial charge in [0.25, 0.3) is 5.91 Å². The Hall–Kier alpha value is -4.02. The van der Waals surface area contributed by atoms with Gasteiger partial charge in [-0.05, 0) is 50.5 Å². The lowest BCUT2D eigenvalue weighted by molar-refractivity contribution is -0.147. The van der Waals surface area contributed by atoms with Crippen LogP contribution in [0.15, 0.2) is 30.5 Å². The highest BCUT2D eigenvalue weighted by molar-refractivity contribution is 6.20. The van der Waals surface area contributed by atoms with Crippen LogP contribution in [0.3, 0.4) is 0 Å². The summed E-state index contributed by atoms with van der Waals surface area (Å²) in [6, 6.07) is 3.04. The number of carbonyl (C=O) groups excluding carboxylic acids is 6. The predicted molar refractivity (Wildman–Crippen MR) is 180 cm³/mol. The number of aryl methyl sites for hydroxylation is 1. The molecule has 4 rings (SSSR count). The average Bonchev–Trinajstić information content (AvgIpc) is 3.45. The molecule has 3 heterocycles. The average molecular weight is 650 g/mol. The third kappa shape index (κ3) is 8.48. The lowest BCUT2D eigenvalue weighted by Crippen LogP contribution is -2.65. The van der Waals surface area contributed by atoms with Gasteiger partial charge in [-0.1, -0.05) is 65.2 Å². The van der Waals surface area contributed by atoms with Crippen LogP contribution in [0.5, 0.6) is 0 Å². The Bertz CT molecular complexity index is 1470. The minimum atomic E-state index is -1.62. The molecule has 2 aromatic rings. The monoisotopic (exact) mass is 649 g/mol.